The minimum Gasteiger partial charge on any atom is -0.368 e. The van der Waals surface area contributed by atoms with E-state index in [0.29, 0.717) is 28.5 Å². The van der Waals surface area contributed by atoms with Crippen molar-refractivity contribution in [2.45, 2.75) is 71.9 Å². The van der Waals surface area contributed by atoms with Gasteiger partial charge in [-0.1, -0.05) is 102 Å². The van der Waals surface area contributed by atoms with E-state index in [4.69, 9.17) is 0 Å². The summed E-state index contributed by atoms with van der Waals surface area (Å²) in [5, 5.41) is 14.9. The number of carbonyl (C=O) groups excluding carboxylic acids is 3. The molecule has 8 heteroatoms. The molecule has 0 atom stereocenters. The summed E-state index contributed by atoms with van der Waals surface area (Å²) in [5.41, 5.74) is 4.03. The van der Waals surface area contributed by atoms with E-state index in [1.54, 1.807) is 0 Å². The summed E-state index contributed by atoms with van der Waals surface area (Å²) in [6, 6.07) is 14.4. The van der Waals surface area contributed by atoms with Gasteiger partial charge in [-0.2, -0.15) is 0 Å². The lowest BCUT2D eigenvalue weighted by Crippen LogP contribution is -2.51. The maximum Gasteiger partial charge on any atom is 0.261 e. The smallest absolute Gasteiger partial charge is 0.261 e. The molecule has 0 bridgehead atoms. The van der Waals surface area contributed by atoms with Crippen molar-refractivity contribution < 1.29 is 14.4 Å². The van der Waals surface area contributed by atoms with E-state index in [2.05, 4.69) is 124 Å². The molecule has 50 heavy (non-hydrogen) atoms. The number of carbonyl (C=O) groups is 3. The number of benzene rings is 5. The topological polar surface area (TPSA) is 81.8 Å². The van der Waals surface area contributed by atoms with Gasteiger partial charge in [0.05, 0.1) is 0 Å². The predicted molar refractivity (Wildman–Crippen MR) is 215 cm³/mol. The SMILES string of the molecule is CC(C)C(NC(=O)c1cc(N2CCNCC2)c2c3ccc4c5c(ccc(c6ccc(CI)c1c62)c53)C(=O)N(C(C(C)C)C(C)C)C4=O)C(C)C. The Bertz CT molecular complexity index is 2130. The molecule has 1 saturated heterocycles. The van der Waals surface area contributed by atoms with E-state index in [9.17, 15) is 14.4 Å². The Kier molecular flexibility index (Phi) is 9.25. The molecule has 2 heterocycles. The Morgan fingerprint density at radius 1 is 0.720 bits per heavy atom. The number of imide groups is 1. The van der Waals surface area contributed by atoms with Gasteiger partial charge in [-0.15, -0.1) is 0 Å². The van der Waals surface area contributed by atoms with Crippen molar-refractivity contribution in [3.63, 3.8) is 0 Å². The van der Waals surface area contributed by atoms with E-state index in [0.717, 1.165) is 84.9 Å². The molecule has 2 aliphatic rings. The van der Waals surface area contributed by atoms with Crippen LogP contribution in [0.5, 0.6) is 0 Å². The van der Waals surface area contributed by atoms with Gasteiger partial charge in [-0.3, -0.25) is 19.3 Å². The van der Waals surface area contributed by atoms with Crippen LogP contribution in [-0.4, -0.2) is 60.9 Å². The molecule has 0 aromatic heterocycles. The van der Waals surface area contributed by atoms with Crippen LogP contribution in [0.1, 0.15) is 92.0 Å². The molecule has 0 radical (unpaired) electrons. The van der Waals surface area contributed by atoms with Crippen LogP contribution in [0.25, 0.3) is 43.1 Å². The normalized spacial score (nSPS) is 15.7. The molecule has 7 nitrogen and oxygen atoms in total. The molecule has 1 fully saturated rings. The molecule has 3 amide bonds. The minimum atomic E-state index is -0.214. The van der Waals surface area contributed by atoms with Crippen molar-refractivity contribution in [3.05, 3.63) is 64.7 Å². The molecule has 262 valence electrons. The number of amides is 3. The van der Waals surface area contributed by atoms with Crippen molar-refractivity contribution >= 4 is 89.1 Å². The number of nitrogens with one attached hydrogen (secondary N) is 2. The van der Waals surface area contributed by atoms with Crippen molar-refractivity contribution in [2.75, 3.05) is 31.1 Å². The van der Waals surface area contributed by atoms with Crippen molar-refractivity contribution in [1.82, 2.24) is 15.5 Å². The molecule has 5 aromatic carbocycles. The van der Waals surface area contributed by atoms with Crippen LogP contribution in [0.2, 0.25) is 0 Å². The maximum absolute atomic E-state index is 14.5. The molecular formula is C42H49IN4O3. The number of nitrogens with zero attached hydrogens (tertiary/aromatic N) is 2. The summed E-state index contributed by atoms with van der Waals surface area (Å²) >= 11 is 2.41. The monoisotopic (exact) mass is 784 g/mol. The van der Waals surface area contributed by atoms with E-state index < -0.39 is 0 Å². The average Bonchev–Trinajstić information content (AvgIpc) is 3.09. The fourth-order valence-electron chi connectivity index (χ4n) is 9.17. The Labute approximate surface area is 309 Å². The Hall–Kier alpha value is -3.50. The van der Waals surface area contributed by atoms with Gasteiger partial charge in [0.1, 0.15) is 0 Å². The van der Waals surface area contributed by atoms with Crippen LogP contribution in [0, 0.1) is 23.7 Å². The highest BCUT2D eigenvalue weighted by Gasteiger charge is 2.41. The highest BCUT2D eigenvalue weighted by Crippen LogP contribution is 2.49. The quantitative estimate of drug-likeness (QED) is 0.0514. The molecule has 0 spiro atoms. The molecule has 2 aliphatic heterocycles. The number of halogens is 1. The van der Waals surface area contributed by atoms with E-state index in [1.807, 2.05) is 12.1 Å². The van der Waals surface area contributed by atoms with Crippen molar-refractivity contribution in [2.24, 2.45) is 23.7 Å². The third-order valence-corrected chi connectivity index (χ3v) is 12.0. The fourth-order valence-corrected chi connectivity index (χ4v) is 9.81. The van der Waals surface area contributed by atoms with Gasteiger partial charge >= 0.3 is 0 Å². The third-order valence-electron chi connectivity index (χ3n) is 11.2. The summed E-state index contributed by atoms with van der Waals surface area (Å²) in [5.74, 6) is 0.361. The zero-order valence-corrected chi connectivity index (χ0v) is 32.7. The number of hydrogen-bond donors (Lipinski definition) is 2. The van der Waals surface area contributed by atoms with Gasteiger partial charge < -0.3 is 15.5 Å². The van der Waals surface area contributed by atoms with E-state index >= 15 is 0 Å². The average molecular weight is 785 g/mol. The lowest BCUT2D eigenvalue weighted by atomic mass is 9.81. The molecular weight excluding hydrogens is 735 g/mol. The summed E-state index contributed by atoms with van der Waals surface area (Å²) in [4.78, 5) is 47.2. The number of alkyl halides is 1. The van der Waals surface area contributed by atoms with Crippen LogP contribution in [0.15, 0.2) is 42.5 Å². The Morgan fingerprint density at radius 3 is 1.84 bits per heavy atom. The Morgan fingerprint density at radius 2 is 1.28 bits per heavy atom. The molecule has 7 rings (SSSR count). The molecule has 0 unspecified atom stereocenters. The lowest BCUT2D eigenvalue weighted by Gasteiger charge is -2.38. The minimum absolute atomic E-state index is 0.0384. The number of fused-ring (bicyclic) bond motifs is 2. The zero-order valence-electron chi connectivity index (χ0n) is 30.5. The lowest BCUT2D eigenvalue weighted by molar-refractivity contribution is 0.0436. The first-order valence-electron chi connectivity index (χ1n) is 18.3. The van der Waals surface area contributed by atoms with Gasteiger partial charge in [0.25, 0.3) is 17.7 Å². The van der Waals surface area contributed by atoms with E-state index in [-0.39, 0.29) is 41.6 Å². The first-order chi connectivity index (χ1) is 23.9. The van der Waals surface area contributed by atoms with Gasteiger partial charge in [-0.05, 0) is 74.4 Å². The molecule has 2 N–H and O–H groups in total. The summed E-state index contributed by atoms with van der Waals surface area (Å²) in [6.07, 6.45) is 0. The summed E-state index contributed by atoms with van der Waals surface area (Å²) in [7, 11) is 0. The highest BCUT2D eigenvalue weighted by molar-refractivity contribution is 14.1. The molecule has 0 saturated carbocycles. The highest BCUT2D eigenvalue weighted by atomic mass is 127. The van der Waals surface area contributed by atoms with Gasteiger partial charge in [0.15, 0.2) is 0 Å². The summed E-state index contributed by atoms with van der Waals surface area (Å²) in [6.45, 7) is 20.3. The third kappa shape index (κ3) is 5.35. The molecule has 5 aromatic rings. The second kappa shape index (κ2) is 13.2. The Balaban J connectivity index is 1.58. The first kappa shape index (κ1) is 34.9. The number of hydrogen-bond acceptors (Lipinski definition) is 5. The number of rotatable bonds is 9. The second-order valence-corrected chi connectivity index (χ2v) is 16.5. The number of anilines is 1. The molecule has 0 aliphatic carbocycles. The van der Waals surface area contributed by atoms with Gasteiger partial charge in [0.2, 0.25) is 0 Å². The van der Waals surface area contributed by atoms with Gasteiger partial charge in [-0.25, -0.2) is 0 Å². The van der Waals surface area contributed by atoms with Crippen LogP contribution in [-0.2, 0) is 4.43 Å². The van der Waals surface area contributed by atoms with Crippen LogP contribution < -0.4 is 15.5 Å². The predicted octanol–water partition coefficient (Wildman–Crippen LogP) is 8.77. The van der Waals surface area contributed by atoms with Crippen LogP contribution in [0.3, 0.4) is 0 Å². The van der Waals surface area contributed by atoms with Crippen LogP contribution in [0.4, 0.5) is 5.69 Å². The van der Waals surface area contributed by atoms with E-state index in [1.165, 1.54) is 4.90 Å². The standard InChI is InChI=1S/C42H49IN4O3/c1-21(2)38(22(3)4)45-40(48)31-19-32(46-17-15-44-16-18-46)36-28-12-14-30-35-29(41(49)47(42(30)50)39(23(5)6)24(7)8)13-11-26(34(28)35)27-10-9-25(20-43)33(31)37(27)36/h9-14,19,21-24,38-39,44H,15-18,20H2,1-8H3,(H,45,48). The van der Waals surface area contributed by atoms with Crippen molar-refractivity contribution in [3.8, 4) is 0 Å². The summed E-state index contributed by atoms with van der Waals surface area (Å²) < 4.78 is 0.755. The zero-order chi connectivity index (χ0) is 35.8. The van der Waals surface area contributed by atoms with Gasteiger partial charge in [0, 0.05) is 81.2 Å². The fraction of sp³-hybridized carbons (Fsp3) is 0.452. The second-order valence-electron chi connectivity index (χ2n) is 15.7. The number of piperazine rings is 1. The van der Waals surface area contributed by atoms with Crippen LogP contribution >= 0.6 is 22.6 Å². The maximum atomic E-state index is 14.5. The largest absolute Gasteiger partial charge is 0.368 e. The first-order valence-corrected chi connectivity index (χ1v) is 19.8. The van der Waals surface area contributed by atoms with Crippen molar-refractivity contribution in [1.29, 1.82) is 0 Å².